The molecule has 4 nitrogen and oxygen atoms in total. The van der Waals surface area contributed by atoms with Crippen molar-refractivity contribution in [2.75, 3.05) is 6.54 Å². The molecule has 0 aromatic carbocycles. The Kier molecular flexibility index (Phi) is 4.58. The van der Waals surface area contributed by atoms with Gasteiger partial charge in [-0.05, 0) is 18.4 Å². The van der Waals surface area contributed by atoms with E-state index in [1.165, 1.54) is 0 Å². The third-order valence-electron chi connectivity index (χ3n) is 1.73. The number of nitrogens with one attached hydrogen (secondary N) is 1. The Morgan fingerprint density at radius 2 is 2.57 bits per heavy atom. The summed E-state index contributed by atoms with van der Waals surface area (Å²) in [4.78, 5) is 16.9. The molecule has 1 unspecified atom stereocenters. The van der Waals surface area contributed by atoms with Gasteiger partial charge in [0.1, 0.15) is 0 Å². The van der Waals surface area contributed by atoms with Crippen molar-refractivity contribution in [1.29, 1.82) is 0 Å². The van der Waals surface area contributed by atoms with Crippen molar-refractivity contribution in [2.45, 2.75) is 19.4 Å². The first-order valence-corrected chi connectivity index (χ1v) is 5.25. The van der Waals surface area contributed by atoms with Gasteiger partial charge in [0.25, 0.3) is 0 Å². The molecule has 1 aromatic rings. The van der Waals surface area contributed by atoms with Crippen molar-refractivity contribution < 1.29 is 9.63 Å². The number of rotatable bonds is 5. The summed E-state index contributed by atoms with van der Waals surface area (Å²) in [5, 5.41) is 4.69. The summed E-state index contributed by atoms with van der Waals surface area (Å²) in [5.74, 6) is 4.94. The largest absolute Gasteiger partial charge is 0.353 e. The molecule has 0 aliphatic carbocycles. The van der Waals surface area contributed by atoms with Crippen LogP contribution in [-0.4, -0.2) is 18.6 Å². The van der Waals surface area contributed by atoms with Gasteiger partial charge >= 0.3 is 0 Å². The lowest BCUT2D eigenvalue weighted by atomic mass is 10.3. The second-order valence-corrected chi connectivity index (χ2v) is 4.04. The van der Waals surface area contributed by atoms with Crippen LogP contribution in [0.2, 0.25) is 0 Å². The average molecular weight is 214 g/mol. The van der Waals surface area contributed by atoms with Crippen LogP contribution in [0.5, 0.6) is 0 Å². The van der Waals surface area contributed by atoms with Gasteiger partial charge < -0.3 is 5.32 Å². The fourth-order valence-electron chi connectivity index (χ4n) is 0.940. The van der Waals surface area contributed by atoms with Crippen LogP contribution in [0, 0.1) is 0 Å². The topological polar surface area (TPSA) is 64.3 Å². The molecular weight excluding hydrogens is 200 g/mol. The number of nitrogens with two attached hydrogens (primary N) is 1. The lowest BCUT2D eigenvalue weighted by molar-refractivity contribution is -0.121. The maximum absolute atomic E-state index is 11.3. The summed E-state index contributed by atoms with van der Waals surface area (Å²) in [6.45, 7) is 2.24. The minimum absolute atomic E-state index is 0.00338. The molecule has 0 aliphatic heterocycles. The standard InChI is InChI=1S/C9H14N2O2S/c1-7(13-10)6-11-9(12)5-8-3-2-4-14-8/h2-4,7H,5-6,10H2,1H3,(H,11,12). The number of hydrogen-bond donors (Lipinski definition) is 2. The third kappa shape index (κ3) is 3.87. The summed E-state index contributed by atoms with van der Waals surface area (Å²) in [6.07, 6.45) is 0.275. The van der Waals surface area contributed by atoms with Gasteiger partial charge in [-0.2, -0.15) is 0 Å². The van der Waals surface area contributed by atoms with E-state index >= 15 is 0 Å². The van der Waals surface area contributed by atoms with Crippen molar-refractivity contribution in [3.05, 3.63) is 22.4 Å². The number of carbonyl (C=O) groups excluding carboxylic acids is 1. The molecule has 1 atom stereocenters. The second kappa shape index (κ2) is 5.74. The van der Waals surface area contributed by atoms with E-state index in [2.05, 4.69) is 10.2 Å². The van der Waals surface area contributed by atoms with Crippen LogP contribution in [0.4, 0.5) is 0 Å². The summed E-state index contributed by atoms with van der Waals surface area (Å²) in [5.41, 5.74) is 0. The molecule has 0 bridgehead atoms. The molecule has 0 saturated heterocycles. The molecule has 3 N–H and O–H groups in total. The smallest absolute Gasteiger partial charge is 0.225 e. The van der Waals surface area contributed by atoms with Crippen LogP contribution in [0.15, 0.2) is 17.5 Å². The highest BCUT2D eigenvalue weighted by molar-refractivity contribution is 7.10. The van der Waals surface area contributed by atoms with Crippen LogP contribution in [0.1, 0.15) is 11.8 Å². The summed E-state index contributed by atoms with van der Waals surface area (Å²) >= 11 is 1.57. The summed E-state index contributed by atoms with van der Waals surface area (Å²) < 4.78 is 0. The molecule has 0 saturated carbocycles. The predicted molar refractivity (Wildman–Crippen MR) is 55.8 cm³/mol. The van der Waals surface area contributed by atoms with E-state index < -0.39 is 0 Å². The monoisotopic (exact) mass is 214 g/mol. The highest BCUT2D eigenvalue weighted by Crippen LogP contribution is 2.08. The third-order valence-corrected chi connectivity index (χ3v) is 2.61. The van der Waals surface area contributed by atoms with Gasteiger partial charge in [0.2, 0.25) is 5.91 Å². The van der Waals surface area contributed by atoms with Gasteiger partial charge in [-0.25, -0.2) is 5.90 Å². The fraction of sp³-hybridized carbons (Fsp3) is 0.444. The van der Waals surface area contributed by atoms with Gasteiger partial charge in [-0.3, -0.25) is 9.63 Å². The first-order valence-electron chi connectivity index (χ1n) is 4.37. The van der Waals surface area contributed by atoms with Crippen molar-refractivity contribution in [2.24, 2.45) is 5.90 Å². The molecule has 0 aliphatic rings. The zero-order valence-electron chi connectivity index (χ0n) is 8.03. The molecule has 0 radical (unpaired) electrons. The lowest BCUT2D eigenvalue weighted by Crippen LogP contribution is -2.34. The van der Waals surface area contributed by atoms with E-state index in [0.29, 0.717) is 13.0 Å². The van der Waals surface area contributed by atoms with E-state index in [1.807, 2.05) is 17.5 Å². The van der Waals surface area contributed by atoms with E-state index in [9.17, 15) is 4.79 Å². The normalized spacial score (nSPS) is 12.4. The maximum Gasteiger partial charge on any atom is 0.225 e. The fourth-order valence-corrected chi connectivity index (χ4v) is 1.64. The minimum Gasteiger partial charge on any atom is -0.353 e. The Morgan fingerprint density at radius 1 is 1.79 bits per heavy atom. The Bertz CT molecular complexity index is 274. The van der Waals surface area contributed by atoms with Crippen molar-refractivity contribution >= 4 is 17.2 Å². The molecular formula is C9H14N2O2S. The highest BCUT2D eigenvalue weighted by Gasteiger charge is 2.06. The predicted octanol–water partition coefficient (Wildman–Crippen LogP) is 0.686. The molecule has 5 heteroatoms. The lowest BCUT2D eigenvalue weighted by Gasteiger charge is -2.09. The molecule has 0 fully saturated rings. The molecule has 0 spiro atoms. The molecule has 1 aromatic heterocycles. The molecule has 14 heavy (non-hydrogen) atoms. The molecule has 1 rings (SSSR count). The first-order chi connectivity index (χ1) is 6.72. The van der Waals surface area contributed by atoms with Crippen LogP contribution < -0.4 is 11.2 Å². The SMILES string of the molecule is CC(CNC(=O)Cc1cccs1)ON. The number of hydrogen-bond acceptors (Lipinski definition) is 4. The zero-order chi connectivity index (χ0) is 10.4. The van der Waals surface area contributed by atoms with Gasteiger partial charge in [0, 0.05) is 11.4 Å². The Hall–Kier alpha value is -0.910. The number of thiophene rings is 1. The van der Waals surface area contributed by atoms with E-state index in [-0.39, 0.29) is 12.0 Å². The molecule has 1 amide bonds. The first kappa shape index (κ1) is 11.2. The number of carbonyl (C=O) groups is 1. The van der Waals surface area contributed by atoms with Crippen molar-refractivity contribution in [1.82, 2.24) is 5.32 Å². The minimum atomic E-state index is -0.151. The van der Waals surface area contributed by atoms with Gasteiger partial charge in [-0.15, -0.1) is 11.3 Å². The van der Waals surface area contributed by atoms with Crippen molar-refractivity contribution in [3.63, 3.8) is 0 Å². The van der Waals surface area contributed by atoms with Gasteiger partial charge in [-0.1, -0.05) is 6.07 Å². The maximum atomic E-state index is 11.3. The second-order valence-electron chi connectivity index (χ2n) is 3.01. The Balaban J connectivity index is 2.23. The summed E-state index contributed by atoms with van der Waals surface area (Å²) in [7, 11) is 0. The highest BCUT2D eigenvalue weighted by atomic mass is 32.1. The Morgan fingerprint density at radius 3 is 3.14 bits per heavy atom. The summed E-state index contributed by atoms with van der Waals surface area (Å²) in [6, 6.07) is 3.87. The van der Waals surface area contributed by atoms with Gasteiger partial charge in [0.05, 0.1) is 12.5 Å². The van der Waals surface area contributed by atoms with Crippen LogP contribution in [-0.2, 0) is 16.1 Å². The number of amides is 1. The Labute approximate surface area is 87.0 Å². The van der Waals surface area contributed by atoms with Crippen LogP contribution in [0.3, 0.4) is 0 Å². The van der Waals surface area contributed by atoms with Crippen LogP contribution in [0.25, 0.3) is 0 Å². The molecule has 1 heterocycles. The van der Waals surface area contributed by atoms with Gasteiger partial charge in [0.15, 0.2) is 0 Å². The van der Waals surface area contributed by atoms with E-state index in [4.69, 9.17) is 5.90 Å². The zero-order valence-corrected chi connectivity index (χ0v) is 8.84. The van der Waals surface area contributed by atoms with Crippen LogP contribution >= 0.6 is 11.3 Å². The average Bonchev–Trinajstić information content (AvgIpc) is 2.66. The van der Waals surface area contributed by atoms with E-state index in [1.54, 1.807) is 18.3 Å². The molecule has 78 valence electrons. The van der Waals surface area contributed by atoms with E-state index in [0.717, 1.165) is 4.88 Å². The quantitative estimate of drug-likeness (QED) is 0.709. The van der Waals surface area contributed by atoms with Crippen molar-refractivity contribution in [3.8, 4) is 0 Å².